The molecule has 0 aliphatic rings. The lowest BCUT2D eigenvalue weighted by Crippen LogP contribution is -2.17. The van der Waals surface area contributed by atoms with E-state index in [0.29, 0.717) is 0 Å². The van der Waals surface area contributed by atoms with Crippen LogP contribution in [0.25, 0.3) is 0 Å². The van der Waals surface area contributed by atoms with Crippen molar-refractivity contribution in [1.29, 1.82) is 0 Å². The van der Waals surface area contributed by atoms with E-state index in [4.69, 9.17) is 11.6 Å². The van der Waals surface area contributed by atoms with E-state index in [1.165, 1.54) is 10.4 Å². The van der Waals surface area contributed by atoms with Crippen LogP contribution in [-0.4, -0.2) is 4.98 Å². The van der Waals surface area contributed by atoms with Crippen LogP contribution < -0.4 is 5.32 Å². The summed E-state index contributed by atoms with van der Waals surface area (Å²) in [6.45, 7) is 5.00. The summed E-state index contributed by atoms with van der Waals surface area (Å²) in [5.74, 6) is 0. The second-order valence-corrected chi connectivity index (χ2v) is 5.78. The van der Waals surface area contributed by atoms with Crippen LogP contribution in [0.3, 0.4) is 0 Å². The molecule has 1 aromatic carbocycles. The second-order valence-electron chi connectivity index (χ2n) is 4.02. The lowest BCUT2D eigenvalue weighted by atomic mass is 10.1. The first-order valence-electron chi connectivity index (χ1n) is 5.55. The van der Waals surface area contributed by atoms with Crippen molar-refractivity contribution < 1.29 is 0 Å². The molecule has 2 aromatic rings. The molecular formula is C13H15ClN2S. The standard InChI is InChI=1S/C13H15ClN2S/c1-9-7-16-13(17-9)8-15-10(2)11-4-3-5-12(14)6-11/h3-7,10,15H,8H2,1-2H3. The average Bonchev–Trinajstić information content (AvgIpc) is 2.72. The normalized spacial score (nSPS) is 12.6. The average molecular weight is 267 g/mol. The van der Waals surface area contributed by atoms with E-state index in [0.717, 1.165) is 16.6 Å². The smallest absolute Gasteiger partial charge is 0.107 e. The molecule has 0 saturated heterocycles. The van der Waals surface area contributed by atoms with Gasteiger partial charge in [-0.1, -0.05) is 23.7 Å². The van der Waals surface area contributed by atoms with E-state index < -0.39 is 0 Å². The fourth-order valence-corrected chi connectivity index (χ4v) is 2.55. The molecule has 1 aromatic heterocycles. The predicted molar refractivity (Wildman–Crippen MR) is 73.6 cm³/mol. The first kappa shape index (κ1) is 12.6. The number of benzene rings is 1. The molecule has 1 atom stereocenters. The summed E-state index contributed by atoms with van der Waals surface area (Å²) in [4.78, 5) is 5.58. The Labute approximate surface area is 111 Å². The summed E-state index contributed by atoms with van der Waals surface area (Å²) < 4.78 is 0. The zero-order valence-corrected chi connectivity index (χ0v) is 11.5. The zero-order valence-electron chi connectivity index (χ0n) is 9.90. The van der Waals surface area contributed by atoms with Gasteiger partial charge in [0.15, 0.2) is 0 Å². The van der Waals surface area contributed by atoms with Gasteiger partial charge in [-0.15, -0.1) is 11.3 Å². The minimum Gasteiger partial charge on any atom is -0.304 e. The van der Waals surface area contributed by atoms with Gasteiger partial charge in [-0.2, -0.15) is 0 Å². The highest BCUT2D eigenvalue weighted by atomic mass is 35.5. The number of thiazole rings is 1. The van der Waals surface area contributed by atoms with Gasteiger partial charge in [-0.05, 0) is 31.5 Å². The highest BCUT2D eigenvalue weighted by molar-refractivity contribution is 7.11. The van der Waals surface area contributed by atoms with Crippen molar-refractivity contribution in [2.45, 2.75) is 26.4 Å². The van der Waals surface area contributed by atoms with Crippen molar-refractivity contribution in [3.8, 4) is 0 Å². The third-order valence-corrected chi connectivity index (χ3v) is 3.73. The Morgan fingerprint density at radius 1 is 1.47 bits per heavy atom. The van der Waals surface area contributed by atoms with Crippen LogP contribution in [0.5, 0.6) is 0 Å². The van der Waals surface area contributed by atoms with Gasteiger partial charge in [0.1, 0.15) is 5.01 Å². The van der Waals surface area contributed by atoms with Crippen LogP contribution in [0, 0.1) is 6.92 Å². The number of nitrogens with one attached hydrogen (secondary N) is 1. The van der Waals surface area contributed by atoms with Gasteiger partial charge >= 0.3 is 0 Å². The topological polar surface area (TPSA) is 24.9 Å². The predicted octanol–water partition coefficient (Wildman–Crippen LogP) is 3.96. The number of aryl methyl sites for hydroxylation is 1. The summed E-state index contributed by atoms with van der Waals surface area (Å²) in [5, 5.41) is 5.35. The maximum absolute atomic E-state index is 5.97. The molecule has 0 fully saturated rings. The molecule has 90 valence electrons. The van der Waals surface area contributed by atoms with E-state index in [2.05, 4.69) is 30.2 Å². The van der Waals surface area contributed by atoms with Crippen molar-refractivity contribution in [2.75, 3.05) is 0 Å². The number of halogens is 1. The van der Waals surface area contributed by atoms with Gasteiger partial charge in [0.2, 0.25) is 0 Å². The molecule has 0 amide bonds. The van der Waals surface area contributed by atoms with Crippen LogP contribution in [0.15, 0.2) is 30.5 Å². The molecule has 2 rings (SSSR count). The van der Waals surface area contributed by atoms with Gasteiger partial charge in [0.25, 0.3) is 0 Å². The van der Waals surface area contributed by atoms with E-state index in [1.807, 2.05) is 24.4 Å². The van der Waals surface area contributed by atoms with Crippen molar-refractivity contribution in [2.24, 2.45) is 0 Å². The molecule has 1 N–H and O–H groups in total. The van der Waals surface area contributed by atoms with E-state index in [9.17, 15) is 0 Å². The minimum atomic E-state index is 0.276. The molecule has 0 aliphatic heterocycles. The summed E-state index contributed by atoms with van der Waals surface area (Å²) in [6, 6.07) is 8.21. The fraction of sp³-hybridized carbons (Fsp3) is 0.308. The van der Waals surface area contributed by atoms with Crippen LogP contribution in [0.2, 0.25) is 5.02 Å². The fourth-order valence-electron chi connectivity index (χ4n) is 1.62. The Kier molecular flexibility index (Phi) is 4.15. The SMILES string of the molecule is Cc1cnc(CNC(C)c2cccc(Cl)c2)s1. The number of hydrogen-bond donors (Lipinski definition) is 1. The molecule has 1 unspecified atom stereocenters. The van der Waals surface area contributed by atoms with Crippen LogP contribution in [0.1, 0.15) is 28.4 Å². The van der Waals surface area contributed by atoms with E-state index in [-0.39, 0.29) is 6.04 Å². The third-order valence-electron chi connectivity index (χ3n) is 2.58. The van der Waals surface area contributed by atoms with Crippen LogP contribution in [-0.2, 0) is 6.54 Å². The van der Waals surface area contributed by atoms with Crippen molar-refractivity contribution in [1.82, 2.24) is 10.3 Å². The van der Waals surface area contributed by atoms with Gasteiger partial charge in [0, 0.05) is 28.7 Å². The van der Waals surface area contributed by atoms with Gasteiger partial charge < -0.3 is 5.32 Å². The Morgan fingerprint density at radius 2 is 2.29 bits per heavy atom. The summed E-state index contributed by atoms with van der Waals surface area (Å²) in [5.41, 5.74) is 1.20. The quantitative estimate of drug-likeness (QED) is 0.906. The Bertz CT molecular complexity index is 496. The number of rotatable bonds is 4. The maximum atomic E-state index is 5.97. The number of hydrogen-bond acceptors (Lipinski definition) is 3. The molecule has 0 saturated carbocycles. The van der Waals surface area contributed by atoms with Gasteiger partial charge in [0.05, 0.1) is 0 Å². The summed E-state index contributed by atoms with van der Waals surface area (Å²) >= 11 is 7.70. The van der Waals surface area contributed by atoms with Gasteiger partial charge in [-0.3, -0.25) is 0 Å². The molecule has 0 spiro atoms. The van der Waals surface area contributed by atoms with Crippen LogP contribution >= 0.6 is 22.9 Å². The number of aromatic nitrogens is 1. The first-order valence-corrected chi connectivity index (χ1v) is 6.75. The highest BCUT2D eigenvalue weighted by Gasteiger charge is 2.06. The second kappa shape index (κ2) is 5.63. The zero-order chi connectivity index (χ0) is 12.3. The molecule has 2 nitrogen and oxygen atoms in total. The third kappa shape index (κ3) is 3.53. The highest BCUT2D eigenvalue weighted by Crippen LogP contribution is 2.18. The molecule has 0 radical (unpaired) electrons. The molecular weight excluding hydrogens is 252 g/mol. The minimum absolute atomic E-state index is 0.276. The Morgan fingerprint density at radius 3 is 2.94 bits per heavy atom. The monoisotopic (exact) mass is 266 g/mol. The summed E-state index contributed by atoms with van der Waals surface area (Å²) in [6.07, 6.45) is 1.91. The molecule has 1 heterocycles. The molecule has 17 heavy (non-hydrogen) atoms. The van der Waals surface area contributed by atoms with Crippen LogP contribution in [0.4, 0.5) is 0 Å². The van der Waals surface area contributed by atoms with E-state index >= 15 is 0 Å². The largest absolute Gasteiger partial charge is 0.304 e. The molecule has 4 heteroatoms. The summed E-state index contributed by atoms with van der Waals surface area (Å²) in [7, 11) is 0. The van der Waals surface area contributed by atoms with Crippen molar-refractivity contribution in [3.05, 3.63) is 50.9 Å². The molecule has 0 aliphatic carbocycles. The number of nitrogens with zero attached hydrogens (tertiary/aromatic N) is 1. The lowest BCUT2D eigenvalue weighted by Gasteiger charge is -2.13. The van der Waals surface area contributed by atoms with E-state index in [1.54, 1.807) is 11.3 Å². The van der Waals surface area contributed by atoms with Crippen molar-refractivity contribution >= 4 is 22.9 Å². The first-order chi connectivity index (χ1) is 8.15. The Hall–Kier alpha value is -0.900. The molecule has 0 bridgehead atoms. The maximum Gasteiger partial charge on any atom is 0.107 e. The van der Waals surface area contributed by atoms with Gasteiger partial charge in [-0.25, -0.2) is 4.98 Å². The van der Waals surface area contributed by atoms with Crippen molar-refractivity contribution in [3.63, 3.8) is 0 Å². The Balaban J connectivity index is 1.95. The lowest BCUT2D eigenvalue weighted by molar-refractivity contribution is 0.573.